The molecule has 2 aromatic heterocycles. The Morgan fingerprint density at radius 1 is 1.16 bits per heavy atom. The van der Waals surface area contributed by atoms with Gasteiger partial charge in [0.25, 0.3) is 5.91 Å². The van der Waals surface area contributed by atoms with E-state index in [1.54, 1.807) is 68.8 Å². The summed E-state index contributed by atoms with van der Waals surface area (Å²) in [6.07, 6.45) is 0.816. The van der Waals surface area contributed by atoms with Crippen LogP contribution in [0.1, 0.15) is 6.92 Å². The van der Waals surface area contributed by atoms with Gasteiger partial charge in [-0.2, -0.15) is 0 Å². The Kier molecular flexibility index (Phi) is 5.97. The molecule has 1 atom stereocenters. The number of hydrogen-bond acceptors (Lipinski definition) is 6. The Morgan fingerprint density at radius 3 is 2.74 bits per heavy atom. The molecule has 31 heavy (non-hydrogen) atoms. The van der Waals surface area contributed by atoms with E-state index in [1.165, 1.54) is 0 Å². The number of carbonyl (C=O) groups excluding carboxylic acids is 1. The molecule has 0 aliphatic rings. The molecule has 1 N–H and O–H groups in total. The molecule has 0 fully saturated rings. The van der Waals surface area contributed by atoms with E-state index in [2.05, 4.69) is 15.3 Å². The van der Waals surface area contributed by atoms with Crippen molar-refractivity contribution in [3.63, 3.8) is 0 Å². The van der Waals surface area contributed by atoms with E-state index in [1.807, 2.05) is 0 Å². The highest BCUT2D eigenvalue weighted by Gasteiger charge is 2.18. The zero-order valence-electron chi connectivity index (χ0n) is 16.6. The monoisotopic (exact) mass is 457 g/mol. The van der Waals surface area contributed by atoms with Crippen LogP contribution in [0.25, 0.3) is 22.6 Å². The summed E-state index contributed by atoms with van der Waals surface area (Å²) in [6, 6.07) is 13.7. The number of benzene rings is 2. The van der Waals surface area contributed by atoms with Crippen LogP contribution in [0.15, 0.2) is 59.1 Å². The lowest BCUT2D eigenvalue weighted by molar-refractivity contribution is -0.122. The molecule has 0 spiro atoms. The summed E-state index contributed by atoms with van der Waals surface area (Å²) in [5, 5.41) is 3.41. The van der Waals surface area contributed by atoms with Crippen LogP contribution in [-0.2, 0) is 4.79 Å². The molecule has 9 heteroatoms. The van der Waals surface area contributed by atoms with E-state index < -0.39 is 6.10 Å². The number of pyridine rings is 1. The van der Waals surface area contributed by atoms with E-state index in [-0.39, 0.29) is 10.9 Å². The van der Waals surface area contributed by atoms with Crippen LogP contribution in [-0.4, -0.2) is 29.1 Å². The van der Waals surface area contributed by atoms with Crippen LogP contribution in [0.2, 0.25) is 10.0 Å². The van der Waals surface area contributed by atoms with Crippen molar-refractivity contribution >= 4 is 45.9 Å². The maximum Gasteiger partial charge on any atom is 0.265 e. The quantitative estimate of drug-likeness (QED) is 0.404. The number of hydrogen-bond donors (Lipinski definition) is 1. The SMILES string of the molecule is COc1ccc(-c2nc3cc(NC(=O)[C@H](C)Oc4cccc(Cl)c4Cl)ccc3o2)cn1. The third-order valence-corrected chi connectivity index (χ3v) is 5.24. The molecule has 4 rings (SSSR count). The smallest absolute Gasteiger partial charge is 0.265 e. The molecule has 4 aromatic rings. The highest BCUT2D eigenvalue weighted by atomic mass is 35.5. The summed E-state index contributed by atoms with van der Waals surface area (Å²) in [4.78, 5) is 21.2. The van der Waals surface area contributed by atoms with Gasteiger partial charge in [0.1, 0.15) is 16.3 Å². The summed E-state index contributed by atoms with van der Waals surface area (Å²) >= 11 is 12.1. The van der Waals surface area contributed by atoms with Gasteiger partial charge in [0.05, 0.1) is 17.7 Å². The van der Waals surface area contributed by atoms with Crippen molar-refractivity contribution in [3.8, 4) is 23.1 Å². The van der Waals surface area contributed by atoms with Gasteiger partial charge >= 0.3 is 0 Å². The van der Waals surface area contributed by atoms with E-state index in [0.717, 1.165) is 0 Å². The minimum Gasteiger partial charge on any atom is -0.481 e. The molecule has 2 aromatic carbocycles. The van der Waals surface area contributed by atoms with Crippen molar-refractivity contribution in [3.05, 3.63) is 64.8 Å². The minimum absolute atomic E-state index is 0.258. The second kappa shape index (κ2) is 8.83. The Morgan fingerprint density at radius 2 is 2.00 bits per heavy atom. The summed E-state index contributed by atoms with van der Waals surface area (Å²) in [6.45, 7) is 1.62. The highest BCUT2D eigenvalue weighted by molar-refractivity contribution is 6.42. The lowest BCUT2D eigenvalue weighted by Crippen LogP contribution is -2.30. The number of anilines is 1. The predicted octanol–water partition coefficient (Wildman–Crippen LogP) is 5.61. The topological polar surface area (TPSA) is 86.5 Å². The molecule has 158 valence electrons. The first kappa shape index (κ1) is 21.0. The van der Waals surface area contributed by atoms with Crippen LogP contribution in [0.4, 0.5) is 5.69 Å². The average molecular weight is 458 g/mol. The molecule has 0 aliphatic heterocycles. The van der Waals surface area contributed by atoms with E-state index in [0.29, 0.717) is 44.9 Å². The maximum atomic E-state index is 12.6. The number of carbonyl (C=O) groups is 1. The van der Waals surface area contributed by atoms with Crippen LogP contribution in [0, 0.1) is 0 Å². The van der Waals surface area contributed by atoms with E-state index >= 15 is 0 Å². The minimum atomic E-state index is -0.801. The zero-order chi connectivity index (χ0) is 22.0. The number of nitrogens with one attached hydrogen (secondary N) is 1. The fraction of sp³-hybridized carbons (Fsp3) is 0.136. The number of oxazole rings is 1. The first-order valence-electron chi connectivity index (χ1n) is 9.27. The normalized spacial score (nSPS) is 11.9. The third kappa shape index (κ3) is 4.57. The number of ether oxygens (including phenoxy) is 2. The number of aromatic nitrogens is 2. The second-order valence-corrected chi connectivity index (χ2v) is 7.38. The van der Waals surface area contributed by atoms with Gasteiger partial charge in [0, 0.05) is 18.0 Å². The third-order valence-electron chi connectivity index (χ3n) is 4.44. The molecule has 0 aliphatic carbocycles. The van der Waals surface area contributed by atoms with Gasteiger partial charge in [-0.3, -0.25) is 4.79 Å². The van der Waals surface area contributed by atoms with Crippen molar-refractivity contribution in [2.75, 3.05) is 12.4 Å². The average Bonchev–Trinajstić information content (AvgIpc) is 3.20. The first-order chi connectivity index (χ1) is 14.9. The molecule has 0 bridgehead atoms. The molecule has 0 radical (unpaired) electrons. The summed E-state index contributed by atoms with van der Waals surface area (Å²) in [5.41, 5.74) is 2.44. The van der Waals surface area contributed by atoms with Crippen LogP contribution in [0.3, 0.4) is 0 Å². The number of amides is 1. The van der Waals surface area contributed by atoms with Gasteiger partial charge in [-0.25, -0.2) is 9.97 Å². The maximum absolute atomic E-state index is 12.6. The molecular formula is C22H17Cl2N3O4. The summed E-state index contributed by atoms with van der Waals surface area (Å²) in [5.74, 6) is 0.904. The molecule has 0 saturated carbocycles. The Bertz CT molecular complexity index is 1240. The van der Waals surface area contributed by atoms with E-state index in [9.17, 15) is 4.79 Å². The van der Waals surface area contributed by atoms with Crippen molar-refractivity contribution < 1.29 is 18.7 Å². The first-order valence-corrected chi connectivity index (χ1v) is 10.0. The lowest BCUT2D eigenvalue weighted by atomic mass is 10.2. The van der Waals surface area contributed by atoms with Gasteiger partial charge in [0.15, 0.2) is 11.7 Å². The van der Waals surface area contributed by atoms with Gasteiger partial charge in [-0.1, -0.05) is 29.3 Å². The fourth-order valence-electron chi connectivity index (χ4n) is 2.82. The number of fused-ring (bicyclic) bond motifs is 1. The van der Waals surface area contributed by atoms with Gasteiger partial charge < -0.3 is 19.2 Å². The van der Waals surface area contributed by atoms with Crippen LogP contribution >= 0.6 is 23.2 Å². The molecule has 2 heterocycles. The summed E-state index contributed by atoms with van der Waals surface area (Å²) < 4.78 is 16.5. The van der Waals surface area contributed by atoms with Gasteiger partial charge in [0.2, 0.25) is 11.8 Å². The van der Waals surface area contributed by atoms with Crippen LogP contribution in [0.5, 0.6) is 11.6 Å². The molecule has 0 saturated heterocycles. The number of nitrogens with zero attached hydrogens (tertiary/aromatic N) is 2. The van der Waals surface area contributed by atoms with Gasteiger partial charge in [-0.05, 0) is 43.3 Å². The Hall–Kier alpha value is -3.29. The van der Waals surface area contributed by atoms with E-state index in [4.69, 9.17) is 37.1 Å². The molecule has 1 amide bonds. The van der Waals surface area contributed by atoms with Crippen molar-refractivity contribution in [2.24, 2.45) is 0 Å². The lowest BCUT2D eigenvalue weighted by Gasteiger charge is -2.16. The molecule has 7 nitrogen and oxygen atoms in total. The predicted molar refractivity (Wildman–Crippen MR) is 119 cm³/mol. The van der Waals surface area contributed by atoms with Crippen LogP contribution < -0.4 is 14.8 Å². The summed E-state index contributed by atoms with van der Waals surface area (Å²) in [7, 11) is 1.55. The van der Waals surface area contributed by atoms with Gasteiger partial charge in [-0.15, -0.1) is 0 Å². The zero-order valence-corrected chi connectivity index (χ0v) is 18.1. The Balaban J connectivity index is 1.49. The Labute approximate surface area is 187 Å². The largest absolute Gasteiger partial charge is 0.481 e. The van der Waals surface area contributed by atoms with Crippen molar-refractivity contribution in [2.45, 2.75) is 13.0 Å². The van der Waals surface area contributed by atoms with Crippen molar-refractivity contribution in [1.29, 1.82) is 0 Å². The molecular weight excluding hydrogens is 441 g/mol. The fourth-order valence-corrected chi connectivity index (χ4v) is 3.16. The second-order valence-electron chi connectivity index (χ2n) is 6.59. The number of halogens is 2. The van der Waals surface area contributed by atoms with Crippen molar-refractivity contribution in [1.82, 2.24) is 9.97 Å². The molecule has 0 unspecified atom stereocenters. The standard InChI is InChI=1S/C22H17Cl2N3O4/c1-12(30-18-5-3-4-15(23)20(18)24)21(28)26-14-7-8-17-16(10-14)27-22(31-17)13-6-9-19(29-2)25-11-13/h3-12H,1-2H3,(H,26,28)/t12-/m0/s1. The highest BCUT2D eigenvalue weighted by Crippen LogP contribution is 2.32. The number of rotatable bonds is 6. The number of methoxy groups -OCH3 is 1.